The van der Waals surface area contributed by atoms with Crippen molar-refractivity contribution >= 4 is 0 Å². The molecule has 0 aromatic rings. The van der Waals surface area contributed by atoms with E-state index >= 15 is 0 Å². The third-order valence-corrected chi connectivity index (χ3v) is 4.85. The average molecular weight is 271 g/mol. The van der Waals surface area contributed by atoms with Crippen LogP contribution in [0.3, 0.4) is 0 Å². The molecule has 0 radical (unpaired) electrons. The van der Waals surface area contributed by atoms with Gasteiger partial charge < -0.3 is 10.4 Å². The fourth-order valence-corrected chi connectivity index (χ4v) is 2.63. The Morgan fingerprint density at radius 3 is 1.84 bits per heavy atom. The van der Waals surface area contributed by atoms with E-state index in [4.69, 9.17) is 0 Å². The van der Waals surface area contributed by atoms with Gasteiger partial charge in [0, 0.05) is 12.1 Å². The van der Waals surface area contributed by atoms with Crippen molar-refractivity contribution in [1.29, 1.82) is 0 Å². The minimum absolute atomic E-state index is 0.186. The second kappa shape index (κ2) is 9.77. The Morgan fingerprint density at radius 2 is 1.47 bits per heavy atom. The standard InChI is InChI=1S/C17H37NO/c1-8-13(6)14(7)16(10-3)18-15(9-2)11-17(19)12(4)5/h12-19H,8-11H2,1-7H3/t13-,14-,15?,16?,17-/m1/s1. The van der Waals surface area contributed by atoms with Crippen LogP contribution in [0.4, 0.5) is 0 Å². The first kappa shape index (κ1) is 18.9. The molecule has 2 N–H and O–H groups in total. The van der Waals surface area contributed by atoms with Gasteiger partial charge in [-0.15, -0.1) is 0 Å². The molecule has 0 aliphatic carbocycles. The molecule has 2 heteroatoms. The van der Waals surface area contributed by atoms with Gasteiger partial charge in [0.05, 0.1) is 6.10 Å². The van der Waals surface area contributed by atoms with Gasteiger partial charge in [-0.2, -0.15) is 0 Å². The Kier molecular flexibility index (Phi) is 9.72. The topological polar surface area (TPSA) is 32.3 Å². The predicted molar refractivity (Wildman–Crippen MR) is 85.4 cm³/mol. The van der Waals surface area contributed by atoms with E-state index in [1.165, 1.54) is 12.8 Å². The molecule has 2 nitrogen and oxygen atoms in total. The summed E-state index contributed by atoms with van der Waals surface area (Å²) >= 11 is 0. The Bertz CT molecular complexity index is 217. The Labute approximate surface area is 121 Å². The molecule has 0 saturated carbocycles. The number of aliphatic hydroxyl groups is 1. The summed E-state index contributed by atoms with van der Waals surface area (Å²) in [6.07, 6.45) is 4.18. The van der Waals surface area contributed by atoms with E-state index in [0.29, 0.717) is 23.9 Å². The van der Waals surface area contributed by atoms with Crippen molar-refractivity contribution in [3.8, 4) is 0 Å². The summed E-state index contributed by atoms with van der Waals surface area (Å²) in [5.41, 5.74) is 0. The summed E-state index contributed by atoms with van der Waals surface area (Å²) in [4.78, 5) is 0. The zero-order valence-corrected chi connectivity index (χ0v) is 14.2. The van der Waals surface area contributed by atoms with Crippen LogP contribution >= 0.6 is 0 Å². The lowest BCUT2D eigenvalue weighted by atomic mass is 9.85. The third kappa shape index (κ3) is 6.76. The lowest BCUT2D eigenvalue weighted by Crippen LogP contribution is -2.45. The first-order valence-corrected chi connectivity index (χ1v) is 8.31. The van der Waals surface area contributed by atoms with Gasteiger partial charge in [-0.1, -0.05) is 54.9 Å². The van der Waals surface area contributed by atoms with Crippen molar-refractivity contribution in [2.24, 2.45) is 17.8 Å². The first-order chi connectivity index (χ1) is 8.87. The van der Waals surface area contributed by atoms with Crippen molar-refractivity contribution < 1.29 is 5.11 Å². The highest BCUT2D eigenvalue weighted by Gasteiger charge is 2.24. The summed E-state index contributed by atoms with van der Waals surface area (Å²) < 4.78 is 0. The van der Waals surface area contributed by atoms with E-state index in [1.807, 2.05) is 0 Å². The second-order valence-electron chi connectivity index (χ2n) is 6.58. The molecule has 0 rings (SSSR count). The molecular formula is C17H37NO. The molecule has 19 heavy (non-hydrogen) atoms. The fourth-order valence-electron chi connectivity index (χ4n) is 2.63. The molecule has 0 bridgehead atoms. The molecule has 5 atom stereocenters. The van der Waals surface area contributed by atoms with Gasteiger partial charge in [-0.05, 0) is 37.0 Å². The number of hydrogen-bond acceptors (Lipinski definition) is 2. The van der Waals surface area contributed by atoms with Crippen LogP contribution in [0, 0.1) is 17.8 Å². The molecule has 116 valence electrons. The zero-order chi connectivity index (χ0) is 15.0. The highest BCUT2D eigenvalue weighted by Crippen LogP contribution is 2.22. The highest BCUT2D eigenvalue weighted by molar-refractivity contribution is 4.81. The summed E-state index contributed by atoms with van der Waals surface area (Å²) in [6, 6.07) is 1.01. The van der Waals surface area contributed by atoms with Crippen LogP contribution in [0.5, 0.6) is 0 Å². The molecule has 0 fully saturated rings. The first-order valence-electron chi connectivity index (χ1n) is 8.31. The van der Waals surface area contributed by atoms with E-state index in [2.05, 4.69) is 53.8 Å². The van der Waals surface area contributed by atoms with E-state index < -0.39 is 0 Å². The number of aliphatic hydroxyl groups excluding tert-OH is 1. The average Bonchev–Trinajstić information content (AvgIpc) is 2.41. The maximum Gasteiger partial charge on any atom is 0.0577 e. The molecule has 0 aromatic carbocycles. The van der Waals surface area contributed by atoms with Crippen LogP contribution in [0.15, 0.2) is 0 Å². The Hall–Kier alpha value is -0.0800. The van der Waals surface area contributed by atoms with Crippen molar-refractivity contribution in [3.05, 3.63) is 0 Å². The smallest absolute Gasteiger partial charge is 0.0577 e. The maximum absolute atomic E-state index is 10.1. The molecule has 2 unspecified atom stereocenters. The fraction of sp³-hybridized carbons (Fsp3) is 1.00. The van der Waals surface area contributed by atoms with Crippen molar-refractivity contribution in [2.45, 2.75) is 92.3 Å². The highest BCUT2D eigenvalue weighted by atomic mass is 16.3. The summed E-state index contributed by atoms with van der Waals surface area (Å²) in [6.45, 7) is 15.6. The second-order valence-corrected chi connectivity index (χ2v) is 6.58. The van der Waals surface area contributed by atoms with Crippen molar-refractivity contribution in [1.82, 2.24) is 5.32 Å². The van der Waals surface area contributed by atoms with Gasteiger partial charge in [0.25, 0.3) is 0 Å². The van der Waals surface area contributed by atoms with Crippen molar-refractivity contribution in [2.75, 3.05) is 0 Å². The molecule has 0 aliphatic rings. The van der Waals surface area contributed by atoms with Gasteiger partial charge in [-0.3, -0.25) is 0 Å². The lowest BCUT2D eigenvalue weighted by Gasteiger charge is -2.33. The molecule has 0 saturated heterocycles. The van der Waals surface area contributed by atoms with Crippen LogP contribution in [-0.4, -0.2) is 23.3 Å². The summed E-state index contributed by atoms with van der Waals surface area (Å²) in [5.74, 6) is 1.80. The molecule has 0 amide bonds. The minimum Gasteiger partial charge on any atom is -0.393 e. The van der Waals surface area contributed by atoms with Crippen LogP contribution in [0.2, 0.25) is 0 Å². The predicted octanol–water partition coefficient (Wildman–Crippen LogP) is 4.22. The van der Waals surface area contributed by atoms with Crippen LogP contribution in [-0.2, 0) is 0 Å². The van der Waals surface area contributed by atoms with E-state index in [9.17, 15) is 5.11 Å². The Balaban J connectivity index is 4.47. The maximum atomic E-state index is 10.1. The van der Waals surface area contributed by atoms with Gasteiger partial charge in [0.2, 0.25) is 0 Å². The van der Waals surface area contributed by atoms with E-state index in [-0.39, 0.29) is 6.10 Å². The largest absolute Gasteiger partial charge is 0.393 e. The van der Waals surface area contributed by atoms with Crippen molar-refractivity contribution in [3.63, 3.8) is 0 Å². The number of hydrogen-bond donors (Lipinski definition) is 2. The van der Waals surface area contributed by atoms with Crippen LogP contribution in [0.25, 0.3) is 0 Å². The lowest BCUT2D eigenvalue weighted by molar-refractivity contribution is 0.0972. The number of nitrogens with one attached hydrogen (secondary N) is 1. The third-order valence-electron chi connectivity index (χ3n) is 4.85. The van der Waals surface area contributed by atoms with Gasteiger partial charge in [0.1, 0.15) is 0 Å². The van der Waals surface area contributed by atoms with E-state index in [0.717, 1.165) is 18.8 Å². The van der Waals surface area contributed by atoms with Crippen LogP contribution in [0.1, 0.15) is 74.1 Å². The molecule has 0 aliphatic heterocycles. The summed E-state index contributed by atoms with van der Waals surface area (Å²) in [7, 11) is 0. The molecule has 0 spiro atoms. The summed E-state index contributed by atoms with van der Waals surface area (Å²) in [5, 5.41) is 13.9. The normalized spacial score (nSPS) is 20.1. The zero-order valence-electron chi connectivity index (χ0n) is 14.2. The van der Waals surface area contributed by atoms with Gasteiger partial charge >= 0.3 is 0 Å². The molecule has 0 heterocycles. The van der Waals surface area contributed by atoms with Crippen LogP contribution < -0.4 is 5.32 Å². The molecule has 0 aromatic heterocycles. The van der Waals surface area contributed by atoms with Gasteiger partial charge in [0.15, 0.2) is 0 Å². The van der Waals surface area contributed by atoms with E-state index in [1.54, 1.807) is 0 Å². The minimum atomic E-state index is -0.186. The number of rotatable bonds is 10. The quantitative estimate of drug-likeness (QED) is 0.623. The Morgan fingerprint density at radius 1 is 0.895 bits per heavy atom. The molecular weight excluding hydrogens is 234 g/mol. The monoisotopic (exact) mass is 271 g/mol. The SMILES string of the molecule is CCC(C[C@@H](O)C(C)C)NC(CC)[C@H](C)[C@H](C)CC. The van der Waals surface area contributed by atoms with Gasteiger partial charge in [-0.25, -0.2) is 0 Å².